The summed E-state index contributed by atoms with van der Waals surface area (Å²) in [6, 6.07) is 4.33. The van der Waals surface area contributed by atoms with Crippen LogP contribution < -0.4 is 0 Å². The topological polar surface area (TPSA) is 98.4 Å². The van der Waals surface area contributed by atoms with E-state index in [0.29, 0.717) is 6.07 Å². The van der Waals surface area contributed by atoms with Crippen molar-refractivity contribution in [1.82, 2.24) is 0 Å². The molecule has 0 bridgehead atoms. The van der Waals surface area contributed by atoms with Crippen LogP contribution in [-0.4, -0.2) is 22.2 Å². The summed E-state index contributed by atoms with van der Waals surface area (Å²) in [5.74, 6) is -7.90. The van der Waals surface area contributed by atoms with Gasteiger partial charge >= 0.3 is 11.9 Å². The van der Waals surface area contributed by atoms with E-state index in [1.807, 2.05) is 0 Å². The average Bonchev–Trinajstić information content (AvgIpc) is 2.49. The fourth-order valence-corrected chi connectivity index (χ4v) is 3.00. The third kappa shape index (κ3) is 3.16. The second kappa shape index (κ2) is 7.18. The minimum atomic E-state index is -2.00. The molecule has 0 radical (unpaired) electrons. The molecule has 0 aliphatic carbocycles. The summed E-state index contributed by atoms with van der Waals surface area (Å²) in [6.45, 7) is 3.00. The smallest absolute Gasteiger partial charge is 0.308 e. The molecule has 5 nitrogen and oxygen atoms in total. The van der Waals surface area contributed by atoms with Crippen LogP contribution in [0.4, 0.5) is 8.78 Å². The highest BCUT2D eigenvalue weighted by Crippen LogP contribution is 2.43. The van der Waals surface area contributed by atoms with Gasteiger partial charge in [-0.1, -0.05) is 19.9 Å². The van der Waals surface area contributed by atoms with Gasteiger partial charge in [-0.2, -0.15) is 5.26 Å². The van der Waals surface area contributed by atoms with Crippen LogP contribution in [0.1, 0.15) is 32.3 Å². The lowest BCUT2D eigenvalue weighted by Crippen LogP contribution is -2.47. The number of benzene rings is 1. The predicted octanol–water partition coefficient (Wildman–Crippen LogP) is 2.95. The number of carboxylic acids is 2. The molecule has 0 aromatic heterocycles. The van der Waals surface area contributed by atoms with E-state index in [9.17, 15) is 33.8 Å². The molecular formula is C16H17F2NO4. The van der Waals surface area contributed by atoms with Crippen molar-refractivity contribution in [1.29, 1.82) is 5.26 Å². The minimum absolute atomic E-state index is 0.0360. The fraction of sp³-hybridized carbons (Fsp3) is 0.438. The van der Waals surface area contributed by atoms with E-state index in [2.05, 4.69) is 0 Å². The Bertz CT molecular complexity index is 632. The highest BCUT2D eigenvalue weighted by molar-refractivity contribution is 5.79. The number of carboxylic acid groups (broad SMARTS) is 2. The molecule has 0 aliphatic rings. The van der Waals surface area contributed by atoms with Gasteiger partial charge in [0, 0.05) is 0 Å². The van der Waals surface area contributed by atoms with Gasteiger partial charge in [0.1, 0.15) is 5.41 Å². The lowest BCUT2D eigenvalue weighted by atomic mass is 9.61. The van der Waals surface area contributed by atoms with E-state index in [4.69, 9.17) is 0 Å². The number of nitriles is 1. The van der Waals surface area contributed by atoms with Crippen molar-refractivity contribution in [2.24, 2.45) is 11.8 Å². The fourth-order valence-electron chi connectivity index (χ4n) is 3.00. The Kier molecular flexibility index (Phi) is 5.79. The Morgan fingerprint density at radius 3 is 1.91 bits per heavy atom. The zero-order valence-corrected chi connectivity index (χ0v) is 12.7. The maximum atomic E-state index is 13.6. The molecule has 0 heterocycles. The van der Waals surface area contributed by atoms with Gasteiger partial charge in [-0.25, -0.2) is 8.78 Å². The van der Waals surface area contributed by atoms with Crippen LogP contribution in [0, 0.1) is 34.8 Å². The van der Waals surface area contributed by atoms with Crippen LogP contribution >= 0.6 is 0 Å². The number of hydrogen-bond acceptors (Lipinski definition) is 3. The molecule has 2 atom stereocenters. The number of hydrogen-bond donors (Lipinski definition) is 2. The first-order chi connectivity index (χ1) is 10.8. The molecule has 0 aliphatic heterocycles. The first-order valence-electron chi connectivity index (χ1n) is 7.08. The van der Waals surface area contributed by atoms with Gasteiger partial charge in [0.25, 0.3) is 0 Å². The summed E-state index contributed by atoms with van der Waals surface area (Å²) in [5.41, 5.74) is -2.15. The molecule has 1 rings (SSSR count). The van der Waals surface area contributed by atoms with E-state index in [1.165, 1.54) is 13.8 Å². The van der Waals surface area contributed by atoms with E-state index >= 15 is 0 Å². The quantitative estimate of drug-likeness (QED) is 0.803. The van der Waals surface area contributed by atoms with Crippen LogP contribution in [0.3, 0.4) is 0 Å². The number of carbonyl (C=O) groups is 2. The Balaban J connectivity index is 3.76. The van der Waals surface area contributed by atoms with Crippen molar-refractivity contribution < 1.29 is 28.6 Å². The number of rotatable bonds is 7. The second-order valence-corrected chi connectivity index (χ2v) is 5.21. The molecule has 1 aromatic carbocycles. The molecule has 2 unspecified atom stereocenters. The Labute approximate surface area is 132 Å². The first kappa shape index (κ1) is 18.6. The van der Waals surface area contributed by atoms with Gasteiger partial charge in [0.2, 0.25) is 0 Å². The van der Waals surface area contributed by atoms with Gasteiger partial charge in [-0.3, -0.25) is 9.59 Å². The van der Waals surface area contributed by atoms with Crippen molar-refractivity contribution in [2.75, 3.05) is 0 Å². The van der Waals surface area contributed by atoms with Crippen LogP contribution in [-0.2, 0) is 15.0 Å². The Morgan fingerprint density at radius 1 is 1.13 bits per heavy atom. The largest absolute Gasteiger partial charge is 0.481 e. The molecule has 23 heavy (non-hydrogen) atoms. The number of aliphatic carboxylic acids is 2. The zero-order chi connectivity index (χ0) is 17.8. The SMILES string of the molecule is CCC(C(=O)O)C(C#N)(c1ccc(F)c(F)c1)C(CC)C(=O)O. The van der Waals surface area contributed by atoms with Gasteiger partial charge < -0.3 is 10.2 Å². The summed E-state index contributed by atoms with van der Waals surface area (Å²) >= 11 is 0. The lowest BCUT2D eigenvalue weighted by molar-refractivity contribution is -0.149. The van der Waals surface area contributed by atoms with Gasteiger partial charge in [-0.15, -0.1) is 0 Å². The molecule has 0 saturated heterocycles. The van der Waals surface area contributed by atoms with Gasteiger partial charge in [0.05, 0.1) is 17.9 Å². The predicted molar refractivity (Wildman–Crippen MR) is 76.5 cm³/mol. The normalized spacial score (nSPS) is 16.0. The van der Waals surface area contributed by atoms with Gasteiger partial charge in [0.15, 0.2) is 11.6 Å². The van der Waals surface area contributed by atoms with Crippen molar-refractivity contribution in [3.05, 3.63) is 35.4 Å². The van der Waals surface area contributed by atoms with Crippen molar-refractivity contribution >= 4 is 11.9 Å². The molecule has 7 heteroatoms. The number of nitrogens with zero attached hydrogens (tertiary/aromatic N) is 1. The maximum Gasteiger partial charge on any atom is 0.308 e. The van der Waals surface area contributed by atoms with Crippen molar-refractivity contribution in [3.63, 3.8) is 0 Å². The highest BCUT2D eigenvalue weighted by Gasteiger charge is 2.52. The molecule has 1 aromatic rings. The summed E-state index contributed by atoms with van der Waals surface area (Å²) in [6.07, 6.45) is -0.0721. The van der Waals surface area contributed by atoms with Gasteiger partial charge in [-0.05, 0) is 30.5 Å². The minimum Gasteiger partial charge on any atom is -0.481 e. The zero-order valence-electron chi connectivity index (χ0n) is 12.7. The molecule has 0 spiro atoms. The van der Waals surface area contributed by atoms with Crippen molar-refractivity contribution in [3.8, 4) is 6.07 Å². The maximum absolute atomic E-state index is 13.6. The molecular weight excluding hydrogens is 308 g/mol. The Morgan fingerprint density at radius 2 is 1.61 bits per heavy atom. The van der Waals surface area contributed by atoms with Crippen LogP contribution in [0.5, 0.6) is 0 Å². The molecule has 124 valence electrons. The van der Waals surface area contributed by atoms with Crippen LogP contribution in [0.25, 0.3) is 0 Å². The number of halogens is 2. The van der Waals surface area contributed by atoms with E-state index in [0.717, 1.165) is 12.1 Å². The molecule has 2 N–H and O–H groups in total. The summed E-state index contributed by atoms with van der Waals surface area (Å²) in [5, 5.41) is 28.6. The molecule has 0 saturated carbocycles. The van der Waals surface area contributed by atoms with E-state index in [1.54, 1.807) is 6.07 Å². The monoisotopic (exact) mass is 325 g/mol. The molecule has 0 fully saturated rings. The summed E-state index contributed by atoms with van der Waals surface area (Å²) in [4.78, 5) is 23.2. The standard InChI is InChI=1S/C16H17F2NO4/c1-3-10(14(20)21)16(8-19,11(4-2)15(22)23)9-5-6-12(17)13(18)7-9/h5-7,10-11H,3-4H2,1-2H3,(H,20,21)(H,22,23). The highest BCUT2D eigenvalue weighted by atomic mass is 19.2. The van der Waals surface area contributed by atoms with Crippen molar-refractivity contribution in [2.45, 2.75) is 32.1 Å². The van der Waals surface area contributed by atoms with Crippen LogP contribution in [0.2, 0.25) is 0 Å². The van der Waals surface area contributed by atoms with E-state index in [-0.39, 0.29) is 18.4 Å². The second-order valence-electron chi connectivity index (χ2n) is 5.21. The summed E-state index contributed by atoms with van der Waals surface area (Å²) in [7, 11) is 0. The third-order valence-electron chi connectivity index (χ3n) is 4.09. The summed E-state index contributed by atoms with van der Waals surface area (Å²) < 4.78 is 26.8. The lowest BCUT2D eigenvalue weighted by Gasteiger charge is -2.37. The third-order valence-corrected chi connectivity index (χ3v) is 4.09. The Hall–Kier alpha value is -2.49. The first-order valence-corrected chi connectivity index (χ1v) is 7.08. The van der Waals surface area contributed by atoms with E-state index < -0.39 is 40.8 Å². The molecule has 0 amide bonds. The van der Waals surface area contributed by atoms with Crippen LogP contribution in [0.15, 0.2) is 18.2 Å². The average molecular weight is 325 g/mol.